The molecule has 0 heterocycles. The summed E-state index contributed by atoms with van der Waals surface area (Å²) in [5.74, 6) is -0.248. The van der Waals surface area contributed by atoms with Crippen LogP contribution >= 0.6 is 12.4 Å². The van der Waals surface area contributed by atoms with Gasteiger partial charge in [-0.25, -0.2) is 4.39 Å². The molecule has 74 valence electrons. The maximum absolute atomic E-state index is 12.1. The van der Waals surface area contributed by atoms with Crippen molar-refractivity contribution in [1.29, 1.82) is 0 Å². The van der Waals surface area contributed by atoms with Crippen LogP contribution in [0.15, 0.2) is 18.2 Å². The predicted octanol–water partition coefficient (Wildman–Crippen LogP) is 1.49. The molecule has 1 atom stereocenters. The zero-order chi connectivity index (χ0) is 9.14. The Balaban J connectivity index is 0.00000144. The van der Waals surface area contributed by atoms with Gasteiger partial charge in [0, 0.05) is 11.6 Å². The minimum Gasteiger partial charge on any atom is -0.508 e. The van der Waals surface area contributed by atoms with Crippen molar-refractivity contribution in [3.05, 3.63) is 23.8 Å². The molecule has 0 bridgehead atoms. The highest BCUT2D eigenvalue weighted by Crippen LogP contribution is 2.26. The Morgan fingerprint density at radius 1 is 1.38 bits per heavy atom. The third kappa shape index (κ3) is 2.75. The number of hydrogen-bond acceptors (Lipinski definition) is 3. The van der Waals surface area contributed by atoms with Gasteiger partial charge in [0.05, 0.1) is 6.04 Å². The predicted molar refractivity (Wildman–Crippen MR) is 49.9 cm³/mol. The molecule has 0 saturated heterocycles. The van der Waals surface area contributed by atoms with Crippen LogP contribution in [0.4, 0.5) is 4.39 Å². The Bertz CT molecular complexity index is 283. The quantitative estimate of drug-likeness (QED) is 0.689. The number of benzene rings is 1. The van der Waals surface area contributed by atoms with Gasteiger partial charge < -0.3 is 15.9 Å². The molecule has 0 unspecified atom stereocenters. The molecule has 0 aliphatic heterocycles. The van der Waals surface area contributed by atoms with E-state index in [1.807, 2.05) is 0 Å². The maximum Gasteiger partial charge on any atom is 0.124 e. The normalized spacial score (nSPS) is 11.8. The summed E-state index contributed by atoms with van der Waals surface area (Å²) in [5, 5.41) is 18.1. The van der Waals surface area contributed by atoms with Crippen molar-refractivity contribution in [3.8, 4) is 11.5 Å². The molecule has 3 nitrogen and oxygen atoms in total. The molecule has 13 heavy (non-hydrogen) atoms. The highest BCUT2D eigenvalue weighted by Gasteiger charge is 2.10. The SMILES string of the molecule is Cl.N[C@@H](CF)c1ccc(O)cc1O. The van der Waals surface area contributed by atoms with E-state index in [0.717, 1.165) is 6.07 Å². The second kappa shape index (κ2) is 4.89. The van der Waals surface area contributed by atoms with Gasteiger partial charge in [-0.15, -0.1) is 12.4 Å². The molecule has 4 N–H and O–H groups in total. The van der Waals surface area contributed by atoms with Gasteiger partial charge >= 0.3 is 0 Å². The maximum atomic E-state index is 12.1. The first kappa shape index (κ1) is 12.0. The van der Waals surface area contributed by atoms with E-state index in [9.17, 15) is 9.50 Å². The Morgan fingerprint density at radius 3 is 2.46 bits per heavy atom. The fourth-order valence-electron chi connectivity index (χ4n) is 0.929. The number of phenolic OH excluding ortho intramolecular Hbond substituents is 2. The zero-order valence-corrected chi connectivity index (χ0v) is 7.59. The molecule has 1 rings (SSSR count). The minimum atomic E-state index is -0.828. The van der Waals surface area contributed by atoms with Gasteiger partial charge in [0.15, 0.2) is 0 Å². The molecule has 0 spiro atoms. The van der Waals surface area contributed by atoms with Crippen molar-refractivity contribution < 1.29 is 14.6 Å². The highest BCUT2D eigenvalue weighted by molar-refractivity contribution is 5.85. The summed E-state index contributed by atoms with van der Waals surface area (Å²) in [5.41, 5.74) is 5.63. The average Bonchev–Trinajstić information content (AvgIpc) is 2.03. The Morgan fingerprint density at radius 2 is 2.00 bits per heavy atom. The molecule has 0 aliphatic carbocycles. The van der Waals surface area contributed by atoms with Crippen molar-refractivity contribution in [2.24, 2.45) is 5.73 Å². The summed E-state index contributed by atoms with van der Waals surface area (Å²) in [6.45, 7) is -0.738. The zero-order valence-electron chi connectivity index (χ0n) is 6.77. The van der Waals surface area contributed by atoms with Crippen LogP contribution in [-0.4, -0.2) is 16.9 Å². The third-order valence-corrected chi connectivity index (χ3v) is 1.58. The van der Waals surface area contributed by atoms with Gasteiger partial charge in [-0.1, -0.05) is 0 Å². The lowest BCUT2D eigenvalue weighted by Gasteiger charge is -2.09. The lowest BCUT2D eigenvalue weighted by atomic mass is 10.1. The first-order valence-corrected chi connectivity index (χ1v) is 3.48. The van der Waals surface area contributed by atoms with Gasteiger partial charge in [0.25, 0.3) is 0 Å². The number of nitrogens with two attached hydrogens (primary N) is 1. The number of halogens is 2. The van der Waals surface area contributed by atoms with Crippen molar-refractivity contribution in [1.82, 2.24) is 0 Å². The molecular weight excluding hydrogens is 197 g/mol. The van der Waals surface area contributed by atoms with Crippen molar-refractivity contribution >= 4 is 12.4 Å². The van der Waals surface area contributed by atoms with Gasteiger partial charge in [0.2, 0.25) is 0 Å². The van der Waals surface area contributed by atoms with Crippen LogP contribution in [-0.2, 0) is 0 Å². The van der Waals surface area contributed by atoms with Gasteiger partial charge in [-0.3, -0.25) is 0 Å². The fraction of sp³-hybridized carbons (Fsp3) is 0.250. The van der Waals surface area contributed by atoms with E-state index in [4.69, 9.17) is 10.8 Å². The standard InChI is InChI=1S/C8H10FNO2.ClH/c9-4-7(10)6-2-1-5(11)3-8(6)12;/h1-3,7,11-12H,4,10H2;1H/t7-;/m0./s1. The largest absolute Gasteiger partial charge is 0.508 e. The molecule has 1 aromatic rings. The van der Waals surface area contributed by atoms with E-state index in [0.29, 0.717) is 5.56 Å². The molecule has 0 radical (unpaired) electrons. The summed E-state index contributed by atoms with van der Waals surface area (Å²) in [4.78, 5) is 0. The van der Waals surface area contributed by atoms with Gasteiger partial charge in [-0.05, 0) is 12.1 Å². The summed E-state index contributed by atoms with van der Waals surface area (Å²) >= 11 is 0. The summed E-state index contributed by atoms with van der Waals surface area (Å²) in [7, 11) is 0. The number of aromatic hydroxyl groups is 2. The molecule has 0 saturated carbocycles. The Labute approximate surface area is 81.4 Å². The summed E-state index contributed by atoms with van der Waals surface area (Å²) in [6.07, 6.45) is 0. The van der Waals surface area contributed by atoms with Crippen molar-refractivity contribution in [2.45, 2.75) is 6.04 Å². The van der Waals surface area contributed by atoms with E-state index < -0.39 is 12.7 Å². The van der Waals surface area contributed by atoms with E-state index in [1.54, 1.807) is 0 Å². The average molecular weight is 208 g/mol. The van der Waals surface area contributed by atoms with Crippen LogP contribution in [0.2, 0.25) is 0 Å². The van der Waals surface area contributed by atoms with Crippen LogP contribution in [0.25, 0.3) is 0 Å². The van der Waals surface area contributed by atoms with Gasteiger partial charge in [-0.2, -0.15) is 0 Å². The molecule has 1 aromatic carbocycles. The molecule has 0 aliphatic rings. The molecule has 0 aromatic heterocycles. The van der Waals surface area contributed by atoms with Gasteiger partial charge in [0.1, 0.15) is 18.2 Å². The first-order valence-electron chi connectivity index (χ1n) is 3.48. The van der Waals surface area contributed by atoms with E-state index in [2.05, 4.69) is 0 Å². The molecule has 0 amide bonds. The monoisotopic (exact) mass is 207 g/mol. The van der Waals surface area contributed by atoms with Crippen molar-refractivity contribution in [3.63, 3.8) is 0 Å². The van der Waals surface area contributed by atoms with Crippen LogP contribution in [0, 0.1) is 0 Å². The first-order chi connectivity index (χ1) is 5.65. The van der Waals surface area contributed by atoms with Crippen molar-refractivity contribution in [2.75, 3.05) is 6.67 Å². The Hall–Kier alpha value is -1.00. The number of rotatable bonds is 2. The second-order valence-electron chi connectivity index (χ2n) is 2.50. The molecular formula is C8H11ClFNO2. The lowest BCUT2D eigenvalue weighted by molar-refractivity contribution is 0.409. The van der Waals surface area contributed by atoms with E-state index in [-0.39, 0.29) is 23.9 Å². The number of hydrogen-bond donors (Lipinski definition) is 3. The summed E-state index contributed by atoms with van der Waals surface area (Å²) in [6, 6.07) is 3.05. The molecule has 0 fully saturated rings. The fourth-order valence-corrected chi connectivity index (χ4v) is 0.929. The van der Waals surface area contributed by atoms with E-state index >= 15 is 0 Å². The van der Waals surface area contributed by atoms with Crippen LogP contribution in [0.5, 0.6) is 11.5 Å². The van der Waals surface area contributed by atoms with E-state index in [1.165, 1.54) is 12.1 Å². The topological polar surface area (TPSA) is 66.5 Å². The third-order valence-electron chi connectivity index (χ3n) is 1.58. The number of phenols is 2. The van der Waals surface area contributed by atoms with Crippen LogP contribution in [0.1, 0.15) is 11.6 Å². The highest BCUT2D eigenvalue weighted by atomic mass is 35.5. The minimum absolute atomic E-state index is 0. The smallest absolute Gasteiger partial charge is 0.124 e. The Kier molecular flexibility index (Phi) is 4.51. The number of alkyl halides is 1. The summed E-state index contributed by atoms with van der Waals surface area (Å²) < 4.78 is 12.1. The van der Waals surface area contributed by atoms with Crippen LogP contribution in [0.3, 0.4) is 0 Å². The lowest BCUT2D eigenvalue weighted by Crippen LogP contribution is -2.11. The molecule has 5 heteroatoms. The second-order valence-corrected chi connectivity index (χ2v) is 2.50. The van der Waals surface area contributed by atoms with Crippen LogP contribution < -0.4 is 5.73 Å².